The first-order valence-corrected chi connectivity index (χ1v) is 7.34. The van der Waals surface area contributed by atoms with Gasteiger partial charge in [-0.15, -0.1) is 0 Å². The number of hydrogen-bond donors (Lipinski definition) is 2. The molecule has 0 aliphatic carbocycles. The average molecular weight is 373 g/mol. The Morgan fingerprint density at radius 2 is 2.19 bits per heavy atom. The van der Waals surface area contributed by atoms with Crippen LogP contribution in [0.4, 0.5) is 15.9 Å². The second kappa shape index (κ2) is 6.87. The number of carbonyl (C=O) groups excluding carboxylic acids is 1. The van der Waals surface area contributed by atoms with E-state index in [1.54, 1.807) is 18.2 Å². The smallest absolute Gasteiger partial charge is 0.259 e. The SMILES string of the molecule is CCNc1ncc(F)cc1C(=O)Nc1cc(Br)ccc1Cl. The van der Waals surface area contributed by atoms with Gasteiger partial charge in [0.25, 0.3) is 5.91 Å². The van der Waals surface area contributed by atoms with E-state index in [-0.39, 0.29) is 5.56 Å². The molecular formula is C14H12BrClFN3O. The van der Waals surface area contributed by atoms with E-state index in [0.717, 1.165) is 16.7 Å². The van der Waals surface area contributed by atoms with Gasteiger partial charge in [0.05, 0.1) is 22.5 Å². The van der Waals surface area contributed by atoms with Crippen LogP contribution in [0.15, 0.2) is 34.9 Å². The van der Waals surface area contributed by atoms with E-state index in [2.05, 4.69) is 31.5 Å². The molecular weight excluding hydrogens is 361 g/mol. The molecule has 0 saturated carbocycles. The van der Waals surface area contributed by atoms with Gasteiger partial charge in [-0.25, -0.2) is 9.37 Å². The number of nitrogens with zero attached hydrogens (tertiary/aromatic N) is 1. The number of anilines is 2. The first-order chi connectivity index (χ1) is 10.0. The Hall–Kier alpha value is -1.66. The maximum Gasteiger partial charge on any atom is 0.259 e. The first-order valence-electron chi connectivity index (χ1n) is 6.17. The van der Waals surface area contributed by atoms with Gasteiger partial charge < -0.3 is 10.6 Å². The summed E-state index contributed by atoms with van der Waals surface area (Å²) in [4.78, 5) is 16.2. The number of pyridine rings is 1. The standard InChI is InChI=1S/C14H12BrClFN3O/c1-2-18-13-10(6-9(17)7-19-13)14(21)20-12-5-8(15)3-4-11(12)16/h3-7H,2H2,1H3,(H,18,19)(H,20,21). The molecule has 0 aliphatic heterocycles. The quantitative estimate of drug-likeness (QED) is 0.840. The van der Waals surface area contributed by atoms with Crippen molar-refractivity contribution in [1.29, 1.82) is 0 Å². The molecule has 0 bridgehead atoms. The van der Waals surface area contributed by atoms with Crippen LogP contribution in [-0.4, -0.2) is 17.4 Å². The van der Waals surface area contributed by atoms with E-state index in [0.29, 0.717) is 23.1 Å². The number of benzene rings is 1. The predicted molar refractivity (Wildman–Crippen MR) is 85.5 cm³/mol. The van der Waals surface area contributed by atoms with E-state index in [9.17, 15) is 9.18 Å². The predicted octanol–water partition coefficient (Wildman–Crippen LogP) is 4.32. The van der Waals surface area contributed by atoms with Gasteiger partial charge >= 0.3 is 0 Å². The van der Waals surface area contributed by atoms with Gasteiger partial charge in [-0.3, -0.25) is 4.79 Å². The molecule has 2 N–H and O–H groups in total. The lowest BCUT2D eigenvalue weighted by molar-refractivity contribution is 0.102. The minimum Gasteiger partial charge on any atom is -0.370 e. The lowest BCUT2D eigenvalue weighted by Gasteiger charge is -2.11. The molecule has 1 aromatic carbocycles. The largest absolute Gasteiger partial charge is 0.370 e. The van der Waals surface area contributed by atoms with Crippen molar-refractivity contribution >= 4 is 44.9 Å². The molecule has 0 saturated heterocycles. The zero-order valence-corrected chi connectivity index (χ0v) is 13.4. The maximum absolute atomic E-state index is 13.3. The normalized spacial score (nSPS) is 10.3. The van der Waals surface area contributed by atoms with Gasteiger partial charge in [0.2, 0.25) is 0 Å². The van der Waals surface area contributed by atoms with Gasteiger partial charge in [-0.05, 0) is 31.2 Å². The van der Waals surface area contributed by atoms with Gasteiger partial charge in [0, 0.05) is 11.0 Å². The number of carbonyl (C=O) groups is 1. The minimum absolute atomic E-state index is 0.118. The molecule has 1 aromatic heterocycles. The highest BCUT2D eigenvalue weighted by Crippen LogP contribution is 2.26. The molecule has 2 rings (SSSR count). The van der Waals surface area contributed by atoms with Crippen molar-refractivity contribution in [3.63, 3.8) is 0 Å². The van der Waals surface area contributed by atoms with Crippen LogP contribution < -0.4 is 10.6 Å². The summed E-state index contributed by atoms with van der Waals surface area (Å²) in [6, 6.07) is 6.20. The fourth-order valence-corrected chi connectivity index (χ4v) is 2.23. The highest BCUT2D eigenvalue weighted by Gasteiger charge is 2.15. The molecule has 2 aromatic rings. The van der Waals surface area contributed by atoms with Crippen molar-refractivity contribution in [3.05, 3.63) is 51.3 Å². The zero-order chi connectivity index (χ0) is 15.4. The van der Waals surface area contributed by atoms with E-state index in [4.69, 9.17) is 11.6 Å². The van der Waals surface area contributed by atoms with Crippen LogP contribution in [0.5, 0.6) is 0 Å². The Morgan fingerprint density at radius 1 is 1.43 bits per heavy atom. The van der Waals surface area contributed by atoms with Gasteiger partial charge in [0.15, 0.2) is 0 Å². The van der Waals surface area contributed by atoms with Crippen molar-refractivity contribution in [3.8, 4) is 0 Å². The minimum atomic E-state index is -0.581. The number of nitrogens with one attached hydrogen (secondary N) is 2. The molecule has 7 heteroatoms. The van der Waals surface area contributed by atoms with Crippen molar-refractivity contribution < 1.29 is 9.18 Å². The summed E-state index contributed by atoms with van der Waals surface area (Å²) in [5.41, 5.74) is 0.552. The number of hydrogen-bond acceptors (Lipinski definition) is 3. The summed E-state index contributed by atoms with van der Waals surface area (Å²) in [5.74, 6) is -0.748. The van der Waals surface area contributed by atoms with Crippen LogP contribution in [0.3, 0.4) is 0 Å². The first kappa shape index (κ1) is 15.7. The Bertz CT molecular complexity index is 681. The summed E-state index contributed by atoms with van der Waals surface area (Å²) >= 11 is 9.32. The van der Waals surface area contributed by atoms with E-state index in [1.165, 1.54) is 0 Å². The molecule has 0 radical (unpaired) electrons. The Kier molecular flexibility index (Phi) is 5.14. The summed E-state index contributed by atoms with van der Waals surface area (Å²) < 4.78 is 14.1. The van der Waals surface area contributed by atoms with E-state index >= 15 is 0 Å². The fraction of sp³-hybridized carbons (Fsp3) is 0.143. The molecule has 0 fully saturated rings. The highest BCUT2D eigenvalue weighted by atomic mass is 79.9. The van der Waals surface area contributed by atoms with Crippen LogP contribution in [0, 0.1) is 5.82 Å². The van der Waals surface area contributed by atoms with Crippen molar-refractivity contribution in [2.75, 3.05) is 17.2 Å². The lowest BCUT2D eigenvalue weighted by atomic mass is 10.2. The van der Waals surface area contributed by atoms with Crippen LogP contribution >= 0.6 is 27.5 Å². The summed E-state index contributed by atoms with van der Waals surface area (Å²) in [7, 11) is 0. The third-order valence-corrected chi connectivity index (χ3v) is 3.44. The number of aromatic nitrogens is 1. The molecule has 0 aliphatic rings. The average Bonchev–Trinajstić information content (AvgIpc) is 2.45. The molecule has 0 spiro atoms. The lowest BCUT2D eigenvalue weighted by Crippen LogP contribution is -2.16. The molecule has 1 heterocycles. The Morgan fingerprint density at radius 3 is 2.90 bits per heavy atom. The third kappa shape index (κ3) is 3.92. The van der Waals surface area contributed by atoms with Crippen molar-refractivity contribution in [2.24, 2.45) is 0 Å². The van der Waals surface area contributed by atoms with Crippen molar-refractivity contribution in [1.82, 2.24) is 4.98 Å². The van der Waals surface area contributed by atoms with Crippen LogP contribution in [-0.2, 0) is 0 Å². The van der Waals surface area contributed by atoms with Crippen LogP contribution in [0.2, 0.25) is 5.02 Å². The molecule has 0 unspecified atom stereocenters. The summed E-state index contributed by atoms with van der Waals surface area (Å²) in [6.07, 6.45) is 1.06. The third-order valence-electron chi connectivity index (χ3n) is 2.62. The molecule has 4 nitrogen and oxygen atoms in total. The molecule has 21 heavy (non-hydrogen) atoms. The molecule has 0 atom stereocenters. The number of rotatable bonds is 4. The Balaban J connectivity index is 2.31. The van der Waals surface area contributed by atoms with Crippen molar-refractivity contribution in [2.45, 2.75) is 6.92 Å². The highest BCUT2D eigenvalue weighted by molar-refractivity contribution is 9.10. The van der Waals surface area contributed by atoms with E-state index < -0.39 is 11.7 Å². The van der Waals surface area contributed by atoms with Gasteiger partial charge in [-0.2, -0.15) is 0 Å². The van der Waals surface area contributed by atoms with E-state index in [1.807, 2.05) is 6.92 Å². The molecule has 1 amide bonds. The van der Waals surface area contributed by atoms with Gasteiger partial charge in [-0.1, -0.05) is 27.5 Å². The topological polar surface area (TPSA) is 54.0 Å². The maximum atomic E-state index is 13.3. The van der Waals surface area contributed by atoms with Crippen LogP contribution in [0.1, 0.15) is 17.3 Å². The second-order valence-corrected chi connectivity index (χ2v) is 5.48. The van der Waals surface area contributed by atoms with Crippen LogP contribution in [0.25, 0.3) is 0 Å². The number of amides is 1. The number of halogens is 3. The van der Waals surface area contributed by atoms with Gasteiger partial charge in [0.1, 0.15) is 11.6 Å². The summed E-state index contributed by atoms with van der Waals surface area (Å²) in [6.45, 7) is 2.43. The summed E-state index contributed by atoms with van der Waals surface area (Å²) in [5, 5.41) is 5.95. The monoisotopic (exact) mass is 371 g/mol. The molecule has 110 valence electrons. The second-order valence-electron chi connectivity index (χ2n) is 4.16. The fourth-order valence-electron chi connectivity index (χ4n) is 1.70. The zero-order valence-electron chi connectivity index (χ0n) is 11.1. The Labute approximate surface area is 134 Å².